The van der Waals surface area contributed by atoms with Crippen LogP contribution in [-0.4, -0.2) is 23.0 Å². The van der Waals surface area contributed by atoms with Crippen LogP contribution in [0.3, 0.4) is 0 Å². The van der Waals surface area contributed by atoms with E-state index in [4.69, 9.17) is 11.6 Å². The number of rotatable bonds is 3. The zero-order chi connectivity index (χ0) is 15.0. The molecule has 0 radical (unpaired) electrons. The molecule has 2 heterocycles. The van der Waals surface area contributed by atoms with E-state index in [0.717, 1.165) is 12.1 Å². The molecule has 0 atom stereocenters. The SMILES string of the molecule is O=S(=O)(Nc1ccc2nncn2c1)c1cc(F)ccc1Cl. The van der Waals surface area contributed by atoms with E-state index < -0.39 is 15.8 Å². The fourth-order valence-corrected chi connectivity index (χ4v) is 3.34. The van der Waals surface area contributed by atoms with E-state index >= 15 is 0 Å². The van der Waals surface area contributed by atoms with Crippen LogP contribution in [0.2, 0.25) is 5.02 Å². The summed E-state index contributed by atoms with van der Waals surface area (Å²) in [6.45, 7) is 0. The van der Waals surface area contributed by atoms with Crippen LogP contribution in [0.5, 0.6) is 0 Å². The van der Waals surface area contributed by atoms with Gasteiger partial charge in [0.15, 0.2) is 5.65 Å². The van der Waals surface area contributed by atoms with E-state index in [1.807, 2.05) is 0 Å². The predicted molar refractivity (Wildman–Crippen MR) is 75.2 cm³/mol. The first-order valence-corrected chi connectivity index (χ1v) is 7.59. The molecule has 3 rings (SSSR count). The maximum Gasteiger partial charge on any atom is 0.263 e. The topological polar surface area (TPSA) is 76.4 Å². The molecule has 9 heteroatoms. The fraction of sp³-hybridized carbons (Fsp3) is 0. The highest BCUT2D eigenvalue weighted by Crippen LogP contribution is 2.24. The van der Waals surface area contributed by atoms with Gasteiger partial charge in [0.25, 0.3) is 10.0 Å². The molecule has 0 bridgehead atoms. The van der Waals surface area contributed by atoms with E-state index in [0.29, 0.717) is 5.65 Å². The molecule has 0 amide bonds. The highest BCUT2D eigenvalue weighted by Gasteiger charge is 2.19. The van der Waals surface area contributed by atoms with Crippen LogP contribution in [0, 0.1) is 5.82 Å². The Morgan fingerprint density at radius 2 is 2.05 bits per heavy atom. The molecule has 1 N–H and O–H groups in total. The summed E-state index contributed by atoms with van der Waals surface area (Å²) in [6.07, 6.45) is 2.93. The van der Waals surface area contributed by atoms with Crippen molar-refractivity contribution in [3.05, 3.63) is 53.7 Å². The summed E-state index contributed by atoms with van der Waals surface area (Å²) < 4.78 is 41.6. The average Bonchev–Trinajstić information content (AvgIpc) is 2.88. The lowest BCUT2D eigenvalue weighted by atomic mass is 10.3. The average molecular weight is 327 g/mol. The van der Waals surface area contributed by atoms with E-state index in [9.17, 15) is 12.8 Å². The molecule has 0 aliphatic heterocycles. The van der Waals surface area contributed by atoms with Crippen LogP contribution in [0.15, 0.2) is 47.8 Å². The summed E-state index contributed by atoms with van der Waals surface area (Å²) in [4.78, 5) is -0.326. The zero-order valence-electron chi connectivity index (χ0n) is 10.4. The predicted octanol–water partition coefficient (Wildman–Crippen LogP) is 2.32. The van der Waals surface area contributed by atoms with Gasteiger partial charge in [-0.05, 0) is 30.3 Å². The lowest BCUT2D eigenvalue weighted by Crippen LogP contribution is -2.14. The van der Waals surface area contributed by atoms with Crippen LogP contribution < -0.4 is 4.72 Å². The normalized spacial score (nSPS) is 11.7. The first-order chi connectivity index (χ1) is 9.95. The highest BCUT2D eigenvalue weighted by atomic mass is 35.5. The first kappa shape index (κ1) is 13.8. The standard InChI is InChI=1S/C12H8ClFN4O2S/c13-10-3-1-8(14)5-11(10)21(19,20)17-9-2-4-12-16-15-7-18(12)6-9/h1-7,17H. The summed E-state index contributed by atoms with van der Waals surface area (Å²) in [5.41, 5.74) is 0.851. The van der Waals surface area contributed by atoms with Crippen molar-refractivity contribution in [1.29, 1.82) is 0 Å². The summed E-state index contributed by atoms with van der Waals surface area (Å²) in [7, 11) is -3.99. The highest BCUT2D eigenvalue weighted by molar-refractivity contribution is 7.92. The molecule has 0 spiro atoms. The monoisotopic (exact) mass is 326 g/mol. The number of fused-ring (bicyclic) bond motifs is 1. The van der Waals surface area contributed by atoms with Crippen molar-refractivity contribution in [3.63, 3.8) is 0 Å². The quantitative estimate of drug-likeness (QED) is 0.801. The largest absolute Gasteiger partial charge is 0.287 e. The second-order valence-electron chi connectivity index (χ2n) is 4.19. The Morgan fingerprint density at radius 3 is 2.86 bits per heavy atom. The Bertz CT molecular complexity index is 926. The Hall–Kier alpha value is -2.19. The minimum atomic E-state index is -3.99. The second-order valence-corrected chi connectivity index (χ2v) is 6.25. The molecule has 0 unspecified atom stereocenters. The van der Waals surface area contributed by atoms with E-state index in [-0.39, 0.29) is 15.6 Å². The van der Waals surface area contributed by atoms with Crippen molar-refractivity contribution in [2.24, 2.45) is 0 Å². The van der Waals surface area contributed by atoms with Gasteiger partial charge >= 0.3 is 0 Å². The van der Waals surface area contributed by atoms with Gasteiger partial charge in [0.2, 0.25) is 0 Å². The molecule has 0 saturated carbocycles. The van der Waals surface area contributed by atoms with Gasteiger partial charge in [0, 0.05) is 6.20 Å². The Kier molecular flexibility index (Phi) is 3.26. The molecule has 2 aromatic heterocycles. The van der Waals surface area contributed by atoms with Gasteiger partial charge in [0.05, 0.1) is 10.7 Å². The third-order valence-corrected chi connectivity index (χ3v) is 4.59. The fourth-order valence-electron chi connectivity index (χ4n) is 1.78. The van der Waals surface area contributed by atoms with Gasteiger partial charge in [0.1, 0.15) is 17.0 Å². The van der Waals surface area contributed by atoms with E-state index in [1.54, 1.807) is 10.5 Å². The molecule has 21 heavy (non-hydrogen) atoms. The number of nitrogens with one attached hydrogen (secondary N) is 1. The molecule has 108 valence electrons. The van der Waals surface area contributed by atoms with Crippen molar-refractivity contribution in [3.8, 4) is 0 Å². The summed E-state index contributed by atoms with van der Waals surface area (Å²) >= 11 is 5.81. The molecule has 0 saturated heterocycles. The Balaban J connectivity index is 2.00. The molecule has 0 aliphatic rings. The maximum atomic E-state index is 13.2. The van der Waals surface area contributed by atoms with E-state index in [2.05, 4.69) is 14.9 Å². The summed E-state index contributed by atoms with van der Waals surface area (Å²) in [6, 6.07) is 6.26. The molecular formula is C12H8ClFN4O2S. The first-order valence-electron chi connectivity index (χ1n) is 5.73. The van der Waals surface area contributed by atoms with E-state index in [1.165, 1.54) is 24.7 Å². The number of sulfonamides is 1. The van der Waals surface area contributed by atoms with Crippen molar-refractivity contribution in [2.45, 2.75) is 4.90 Å². The lowest BCUT2D eigenvalue weighted by Gasteiger charge is -2.09. The van der Waals surface area contributed by atoms with Crippen LogP contribution in [0.4, 0.5) is 10.1 Å². The molecule has 3 aromatic rings. The summed E-state index contributed by atoms with van der Waals surface area (Å²) in [5.74, 6) is -0.686. The van der Waals surface area contributed by atoms with Gasteiger partial charge in [-0.25, -0.2) is 12.8 Å². The van der Waals surface area contributed by atoms with Gasteiger partial charge in [-0.3, -0.25) is 9.12 Å². The van der Waals surface area contributed by atoms with Crippen LogP contribution in [-0.2, 0) is 10.0 Å². The number of anilines is 1. The lowest BCUT2D eigenvalue weighted by molar-refractivity contribution is 0.595. The number of pyridine rings is 1. The smallest absolute Gasteiger partial charge is 0.263 e. The van der Waals surface area contributed by atoms with Crippen LogP contribution in [0.25, 0.3) is 5.65 Å². The van der Waals surface area contributed by atoms with Gasteiger partial charge in [-0.1, -0.05) is 11.6 Å². The number of hydrogen-bond donors (Lipinski definition) is 1. The van der Waals surface area contributed by atoms with Gasteiger partial charge in [-0.2, -0.15) is 0 Å². The van der Waals surface area contributed by atoms with Crippen molar-refractivity contribution < 1.29 is 12.8 Å². The Labute approximate surface area is 124 Å². The zero-order valence-corrected chi connectivity index (χ0v) is 11.9. The molecule has 6 nitrogen and oxygen atoms in total. The maximum absolute atomic E-state index is 13.2. The summed E-state index contributed by atoms with van der Waals surface area (Å²) in [5, 5.41) is 7.43. The Morgan fingerprint density at radius 1 is 1.24 bits per heavy atom. The van der Waals surface area contributed by atoms with Crippen molar-refractivity contribution in [2.75, 3.05) is 4.72 Å². The van der Waals surface area contributed by atoms with Crippen molar-refractivity contribution in [1.82, 2.24) is 14.6 Å². The van der Waals surface area contributed by atoms with Crippen molar-refractivity contribution >= 4 is 33.0 Å². The number of aromatic nitrogens is 3. The number of halogens is 2. The molecule has 0 aliphatic carbocycles. The van der Waals surface area contributed by atoms with Gasteiger partial charge in [-0.15, -0.1) is 10.2 Å². The number of benzene rings is 1. The third kappa shape index (κ3) is 2.67. The minimum absolute atomic E-state index is 0.0609. The van der Waals surface area contributed by atoms with Crippen LogP contribution in [0.1, 0.15) is 0 Å². The number of nitrogens with zero attached hydrogens (tertiary/aromatic N) is 3. The number of hydrogen-bond acceptors (Lipinski definition) is 4. The third-order valence-electron chi connectivity index (χ3n) is 2.73. The molecule has 0 fully saturated rings. The van der Waals surface area contributed by atoms with Gasteiger partial charge < -0.3 is 0 Å². The molecular weight excluding hydrogens is 319 g/mol. The second kappa shape index (κ2) is 4.97. The minimum Gasteiger partial charge on any atom is -0.287 e. The molecule has 1 aromatic carbocycles. The van der Waals surface area contributed by atoms with Crippen LogP contribution >= 0.6 is 11.6 Å².